The molecular weight excluding hydrogens is 727 g/mol. The number of Topliss-reactive ketones (excluding diaryl/α,β-unsaturated/α-hetero) is 2. The summed E-state index contributed by atoms with van der Waals surface area (Å²) >= 11 is 0. The number of nitrogens with one attached hydrogen (secondary N) is 1. The van der Waals surface area contributed by atoms with Gasteiger partial charge in [0, 0.05) is 49.5 Å². The van der Waals surface area contributed by atoms with E-state index in [4.69, 9.17) is 4.74 Å². The summed E-state index contributed by atoms with van der Waals surface area (Å²) in [7, 11) is 0. The fraction of sp³-hybridized carbons (Fsp3) is 0.760. The smallest absolute Gasteiger partial charge is 0.306 e. The van der Waals surface area contributed by atoms with Crippen molar-refractivity contribution in [2.24, 2.45) is 74.9 Å². The highest BCUT2D eigenvalue weighted by Gasteiger charge is 2.66. The van der Waals surface area contributed by atoms with Crippen LogP contribution in [0.4, 0.5) is 0 Å². The molecule has 5 saturated carbocycles. The van der Waals surface area contributed by atoms with E-state index in [-0.39, 0.29) is 64.4 Å². The first-order valence-corrected chi connectivity index (χ1v) is 22.6. The second-order valence-electron chi connectivity index (χ2n) is 21.1. The van der Waals surface area contributed by atoms with E-state index in [0.29, 0.717) is 72.5 Å². The van der Waals surface area contributed by atoms with E-state index in [1.54, 1.807) is 12.1 Å². The van der Waals surface area contributed by atoms with Crippen molar-refractivity contribution in [2.75, 3.05) is 19.8 Å². The van der Waals surface area contributed by atoms with Gasteiger partial charge in [0.25, 0.3) is 5.91 Å². The molecule has 11 unspecified atom stereocenters. The summed E-state index contributed by atoms with van der Waals surface area (Å²) in [5.74, 6) is 1.93. The third-order valence-electron chi connectivity index (χ3n) is 17.8. The van der Waals surface area contributed by atoms with Crippen LogP contribution in [-0.4, -0.2) is 53.4 Å². The Kier molecular flexibility index (Phi) is 12.9. The van der Waals surface area contributed by atoms with Crippen molar-refractivity contribution in [1.82, 2.24) is 5.32 Å². The number of aromatic hydroxyl groups is 1. The summed E-state index contributed by atoms with van der Waals surface area (Å²) in [5.41, 5.74) is 3.32. The lowest BCUT2D eigenvalue weighted by atomic mass is 9.35. The molecule has 322 valence electrons. The van der Waals surface area contributed by atoms with E-state index >= 15 is 0 Å². The van der Waals surface area contributed by atoms with E-state index in [1.807, 2.05) is 6.92 Å². The van der Waals surface area contributed by atoms with Crippen LogP contribution < -0.4 is 5.32 Å². The molecule has 0 spiro atoms. The Morgan fingerprint density at radius 2 is 1.55 bits per heavy atom. The Bertz CT molecular complexity index is 1730. The molecule has 7 aliphatic rings. The van der Waals surface area contributed by atoms with Crippen LogP contribution in [0.2, 0.25) is 0 Å². The molecule has 1 aliphatic heterocycles. The Labute approximate surface area is 349 Å². The van der Waals surface area contributed by atoms with Crippen LogP contribution in [0, 0.1) is 74.9 Å². The van der Waals surface area contributed by atoms with Gasteiger partial charge in [-0.15, -0.1) is 0 Å². The fourth-order valence-electron chi connectivity index (χ4n) is 14.8. The molecule has 0 bridgehead atoms. The van der Waals surface area contributed by atoms with Crippen molar-refractivity contribution < 1.29 is 34.1 Å². The highest BCUT2D eigenvalue weighted by molar-refractivity contribution is 6.00. The van der Waals surface area contributed by atoms with E-state index in [9.17, 15) is 29.4 Å². The van der Waals surface area contributed by atoms with Gasteiger partial charge < -0.3 is 20.3 Å². The van der Waals surface area contributed by atoms with Crippen molar-refractivity contribution in [1.29, 1.82) is 0 Å². The fourth-order valence-corrected chi connectivity index (χ4v) is 14.8. The summed E-state index contributed by atoms with van der Waals surface area (Å²) in [5, 5.41) is 22.3. The number of carboxylic acid groups (broad SMARTS) is 1. The number of carbonyl (C=O) groups excluding carboxylic acids is 3. The molecule has 8 heteroatoms. The van der Waals surface area contributed by atoms with Crippen LogP contribution >= 0.6 is 0 Å². The van der Waals surface area contributed by atoms with Crippen molar-refractivity contribution in [3.63, 3.8) is 0 Å². The second-order valence-corrected chi connectivity index (χ2v) is 21.1. The van der Waals surface area contributed by atoms with E-state index in [1.165, 1.54) is 49.8 Å². The molecule has 1 aromatic rings. The number of phenols is 1. The molecule has 58 heavy (non-hydrogen) atoms. The zero-order valence-corrected chi connectivity index (χ0v) is 36.0. The third kappa shape index (κ3) is 7.64. The highest BCUT2D eigenvalue weighted by atomic mass is 16.5. The van der Waals surface area contributed by atoms with Crippen LogP contribution in [0.5, 0.6) is 5.75 Å². The van der Waals surface area contributed by atoms with Gasteiger partial charge in [-0.25, -0.2) is 0 Å². The molecule has 1 aromatic carbocycles. The topological polar surface area (TPSA) is 130 Å². The van der Waals surface area contributed by atoms with E-state index in [0.717, 1.165) is 57.3 Å². The number of amides is 1. The molecule has 0 radical (unpaired) electrons. The molecule has 6 fully saturated rings. The Morgan fingerprint density at radius 1 is 0.879 bits per heavy atom. The molecule has 8 nitrogen and oxygen atoms in total. The van der Waals surface area contributed by atoms with Gasteiger partial charge in [-0.1, -0.05) is 61.5 Å². The zero-order chi connectivity index (χ0) is 41.1. The minimum atomic E-state index is -0.763. The van der Waals surface area contributed by atoms with Gasteiger partial charge in [0.2, 0.25) is 0 Å². The molecule has 11 atom stereocenters. The highest BCUT2D eigenvalue weighted by Crippen LogP contribution is 2.74. The lowest BCUT2D eigenvalue weighted by Gasteiger charge is -2.69. The predicted octanol–water partition coefficient (Wildman–Crippen LogP) is 10.5. The largest absolute Gasteiger partial charge is 0.508 e. The number of phenolic OH excluding ortho intramolecular Hbond substituents is 1. The van der Waals surface area contributed by atoms with Crippen molar-refractivity contribution in [3.05, 3.63) is 41.0 Å². The van der Waals surface area contributed by atoms with Gasteiger partial charge >= 0.3 is 5.97 Å². The molecular formula is C50H75NO7. The van der Waals surface area contributed by atoms with E-state index < -0.39 is 5.97 Å². The number of carbonyl (C=O) groups is 4. The van der Waals surface area contributed by atoms with Crippen LogP contribution in [0.15, 0.2) is 35.4 Å². The van der Waals surface area contributed by atoms with Gasteiger partial charge in [-0.2, -0.15) is 0 Å². The molecule has 1 saturated heterocycles. The first-order chi connectivity index (χ1) is 26.9. The monoisotopic (exact) mass is 802 g/mol. The first-order valence-electron chi connectivity index (χ1n) is 22.6. The number of ketones is 2. The molecule has 6 aliphatic carbocycles. The number of allylic oxidation sites excluding steroid dienone is 2. The summed E-state index contributed by atoms with van der Waals surface area (Å²) in [6, 6.07) is 6.36. The maximum absolute atomic E-state index is 13.9. The number of fused-ring (bicyclic) bond motifs is 7. The number of aliphatic carboxylic acids is 1. The maximum Gasteiger partial charge on any atom is 0.306 e. The average molecular weight is 802 g/mol. The number of benzene rings is 1. The standard InChI is InChI=1S/C45H63NO6.C4H8O.CH4/c1-25(2)38-35(49)24-45(20-21-46-40(50)27-8-10-29(47)11-9-27)19-15-33-30(39(38)45)12-13-37-43(33,6)18-16-36-42(4,5)28(14-17-44(36,37)7)22-34(48)31-23-32(26(31)3)41(51)52;1-2-4-5-3-1;/h8-11,25-26,28,30-33,36-37,47H,12-24H2,1-7H3,(H,46,50)(H,51,52);1-4H2;1H4. The quantitative estimate of drug-likeness (QED) is 0.227. The molecule has 1 heterocycles. The SMILES string of the molecule is C.C1CCOC1.CC(C)C1=C2C3CCC4C(C)(CCC5C(C)(C)C(CC(=O)C6CC(C(=O)O)C6C)CCC54C)C3CCC2(CCNC(=O)c2ccc(O)cc2)CC1=O. The summed E-state index contributed by atoms with van der Waals surface area (Å²) in [6.45, 7) is 18.9. The number of rotatable bonds is 9. The number of ether oxygens (including phenoxy) is 1. The number of carboxylic acids is 1. The lowest BCUT2D eigenvalue weighted by molar-refractivity contribution is -0.193. The first kappa shape index (κ1) is 44.5. The van der Waals surface area contributed by atoms with Gasteiger partial charge in [0.15, 0.2) is 5.78 Å². The van der Waals surface area contributed by atoms with Crippen LogP contribution in [-0.2, 0) is 19.1 Å². The zero-order valence-electron chi connectivity index (χ0n) is 36.0. The van der Waals surface area contributed by atoms with Crippen LogP contribution in [0.25, 0.3) is 0 Å². The Balaban J connectivity index is 0.000000878. The number of hydrogen-bond acceptors (Lipinski definition) is 6. The minimum Gasteiger partial charge on any atom is -0.508 e. The molecule has 8 rings (SSSR count). The van der Waals surface area contributed by atoms with Crippen molar-refractivity contribution >= 4 is 23.4 Å². The molecule has 1 amide bonds. The average Bonchev–Trinajstić information content (AvgIpc) is 3.82. The van der Waals surface area contributed by atoms with Gasteiger partial charge in [-0.3, -0.25) is 19.2 Å². The molecule has 3 N–H and O–H groups in total. The second kappa shape index (κ2) is 16.8. The van der Waals surface area contributed by atoms with Crippen LogP contribution in [0.3, 0.4) is 0 Å². The number of hydrogen-bond donors (Lipinski definition) is 3. The maximum atomic E-state index is 13.9. The minimum absolute atomic E-state index is 0. The molecule has 0 aromatic heterocycles. The summed E-state index contributed by atoms with van der Waals surface area (Å²) < 4.78 is 4.94. The van der Waals surface area contributed by atoms with Gasteiger partial charge in [-0.05, 0) is 165 Å². The summed E-state index contributed by atoms with van der Waals surface area (Å²) in [6.07, 6.45) is 14.0. The van der Waals surface area contributed by atoms with Crippen LogP contribution in [0.1, 0.15) is 156 Å². The van der Waals surface area contributed by atoms with Gasteiger partial charge in [0.05, 0.1) is 5.92 Å². The van der Waals surface area contributed by atoms with E-state index in [2.05, 4.69) is 46.9 Å². The Morgan fingerprint density at radius 3 is 2.16 bits per heavy atom. The van der Waals surface area contributed by atoms with Crippen molar-refractivity contribution in [3.8, 4) is 5.75 Å². The predicted molar refractivity (Wildman–Crippen MR) is 228 cm³/mol. The normalized spacial score (nSPS) is 38.4. The summed E-state index contributed by atoms with van der Waals surface area (Å²) in [4.78, 5) is 52.1. The lowest BCUT2D eigenvalue weighted by Crippen LogP contribution is -2.62. The Hall–Kier alpha value is -3.00. The van der Waals surface area contributed by atoms with Crippen molar-refractivity contribution in [2.45, 2.75) is 146 Å². The van der Waals surface area contributed by atoms with Gasteiger partial charge in [0.1, 0.15) is 11.5 Å². The third-order valence-corrected chi connectivity index (χ3v) is 17.8.